The first kappa shape index (κ1) is 14.1. The van der Waals surface area contributed by atoms with E-state index in [1.807, 2.05) is 18.2 Å². The Balaban J connectivity index is 2.06. The van der Waals surface area contributed by atoms with Crippen LogP contribution in [0.5, 0.6) is 0 Å². The molecule has 19 heavy (non-hydrogen) atoms. The molecule has 3 nitrogen and oxygen atoms in total. The SMILES string of the molecule is CC1CCNC(C(=O)Nc2ccccc2C(C)C)C1. The summed E-state index contributed by atoms with van der Waals surface area (Å²) in [5, 5.41) is 6.39. The van der Waals surface area contributed by atoms with Crippen molar-refractivity contribution >= 4 is 11.6 Å². The molecule has 0 radical (unpaired) electrons. The third-order valence-electron chi connectivity index (χ3n) is 3.82. The van der Waals surface area contributed by atoms with Crippen LogP contribution in [0.2, 0.25) is 0 Å². The maximum atomic E-state index is 12.3. The van der Waals surface area contributed by atoms with Gasteiger partial charge in [-0.15, -0.1) is 0 Å². The molecule has 1 aromatic rings. The van der Waals surface area contributed by atoms with Crippen LogP contribution in [0, 0.1) is 5.92 Å². The zero-order valence-electron chi connectivity index (χ0n) is 12.1. The van der Waals surface area contributed by atoms with Gasteiger partial charge in [0.15, 0.2) is 0 Å². The number of rotatable bonds is 3. The molecule has 0 aliphatic carbocycles. The first-order chi connectivity index (χ1) is 9.08. The molecule has 1 aliphatic heterocycles. The van der Waals surface area contributed by atoms with Gasteiger partial charge in [0.25, 0.3) is 0 Å². The van der Waals surface area contributed by atoms with Crippen molar-refractivity contribution in [1.82, 2.24) is 5.32 Å². The minimum atomic E-state index is -0.0519. The van der Waals surface area contributed by atoms with Gasteiger partial charge in [-0.1, -0.05) is 39.0 Å². The van der Waals surface area contributed by atoms with Crippen molar-refractivity contribution in [3.05, 3.63) is 29.8 Å². The number of hydrogen-bond donors (Lipinski definition) is 2. The number of para-hydroxylation sites is 1. The first-order valence-electron chi connectivity index (χ1n) is 7.21. The number of benzene rings is 1. The molecule has 2 atom stereocenters. The number of anilines is 1. The van der Waals surface area contributed by atoms with E-state index < -0.39 is 0 Å². The van der Waals surface area contributed by atoms with Gasteiger partial charge in [0, 0.05) is 5.69 Å². The van der Waals surface area contributed by atoms with E-state index in [2.05, 4.69) is 37.5 Å². The van der Waals surface area contributed by atoms with E-state index in [1.54, 1.807) is 0 Å². The monoisotopic (exact) mass is 260 g/mol. The molecule has 0 aromatic heterocycles. The highest BCUT2D eigenvalue weighted by Gasteiger charge is 2.24. The van der Waals surface area contributed by atoms with Crippen LogP contribution in [0.3, 0.4) is 0 Å². The molecule has 1 heterocycles. The van der Waals surface area contributed by atoms with Crippen molar-refractivity contribution in [3.8, 4) is 0 Å². The Bertz CT molecular complexity index is 442. The average molecular weight is 260 g/mol. The van der Waals surface area contributed by atoms with Gasteiger partial charge in [0.2, 0.25) is 5.91 Å². The van der Waals surface area contributed by atoms with Crippen LogP contribution in [0.1, 0.15) is 45.1 Å². The van der Waals surface area contributed by atoms with Crippen LogP contribution >= 0.6 is 0 Å². The van der Waals surface area contributed by atoms with Gasteiger partial charge < -0.3 is 10.6 Å². The van der Waals surface area contributed by atoms with Gasteiger partial charge in [0.1, 0.15) is 0 Å². The van der Waals surface area contributed by atoms with Gasteiger partial charge in [-0.25, -0.2) is 0 Å². The lowest BCUT2D eigenvalue weighted by molar-refractivity contribution is -0.119. The number of carbonyl (C=O) groups is 1. The Morgan fingerprint density at radius 2 is 2.11 bits per heavy atom. The third kappa shape index (κ3) is 3.57. The quantitative estimate of drug-likeness (QED) is 0.876. The average Bonchev–Trinajstić information content (AvgIpc) is 2.39. The number of nitrogens with one attached hydrogen (secondary N) is 2. The fraction of sp³-hybridized carbons (Fsp3) is 0.562. The molecule has 0 saturated carbocycles. The topological polar surface area (TPSA) is 41.1 Å². The summed E-state index contributed by atoms with van der Waals surface area (Å²) in [7, 11) is 0. The van der Waals surface area contributed by atoms with E-state index in [0.717, 1.165) is 25.1 Å². The molecule has 1 amide bonds. The van der Waals surface area contributed by atoms with Gasteiger partial charge >= 0.3 is 0 Å². The largest absolute Gasteiger partial charge is 0.324 e. The van der Waals surface area contributed by atoms with Gasteiger partial charge in [-0.2, -0.15) is 0 Å². The van der Waals surface area contributed by atoms with Crippen molar-refractivity contribution in [3.63, 3.8) is 0 Å². The molecule has 1 aromatic carbocycles. The van der Waals surface area contributed by atoms with Crippen LogP contribution in [-0.2, 0) is 4.79 Å². The highest BCUT2D eigenvalue weighted by atomic mass is 16.2. The van der Waals surface area contributed by atoms with Crippen LogP contribution in [0.25, 0.3) is 0 Å². The lowest BCUT2D eigenvalue weighted by Gasteiger charge is -2.27. The zero-order chi connectivity index (χ0) is 13.8. The lowest BCUT2D eigenvalue weighted by Crippen LogP contribution is -2.45. The highest BCUT2D eigenvalue weighted by Crippen LogP contribution is 2.24. The van der Waals surface area contributed by atoms with Crippen molar-refractivity contribution < 1.29 is 4.79 Å². The molecular weight excluding hydrogens is 236 g/mol. The molecule has 1 saturated heterocycles. The second kappa shape index (κ2) is 6.20. The minimum absolute atomic E-state index is 0.0519. The third-order valence-corrected chi connectivity index (χ3v) is 3.82. The first-order valence-corrected chi connectivity index (χ1v) is 7.21. The van der Waals surface area contributed by atoms with E-state index in [-0.39, 0.29) is 11.9 Å². The molecule has 0 bridgehead atoms. The standard InChI is InChI=1S/C16H24N2O/c1-11(2)13-6-4-5-7-14(13)18-16(19)15-10-12(3)8-9-17-15/h4-7,11-12,15,17H,8-10H2,1-3H3,(H,18,19). The number of hydrogen-bond acceptors (Lipinski definition) is 2. The van der Waals surface area contributed by atoms with Crippen LogP contribution in [0.15, 0.2) is 24.3 Å². The van der Waals surface area contributed by atoms with E-state index in [4.69, 9.17) is 0 Å². The van der Waals surface area contributed by atoms with Crippen molar-refractivity contribution in [2.75, 3.05) is 11.9 Å². The van der Waals surface area contributed by atoms with E-state index >= 15 is 0 Å². The van der Waals surface area contributed by atoms with Crippen molar-refractivity contribution in [1.29, 1.82) is 0 Å². The second-order valence-electron chi connectivity index (χ2n) is 5.87. The maximum absolute atomic E-state index is 12.3. The van der Waals surface area contributed by atoms with E-state index in [1.165, 1.54) is 5.56 Å². The molecule has 1 aliphatic rings. The molecule has 104 valence electrons. The molecular formula is C16H24N2O. The van der Waals surface area contributed by atoms with Crippen LogP contribution in [-0.4, -0.2) is 18.5 Å². The van der Waals surface area contributed by atoms with Crippen molar-refractivity contribution in [2.24, 2.45) is 5.92 Å². The summed E-state index contributed by atoms with van der Waals surface area (Å²) >= 11 is 0. The predicted molar refractivity (Wildman–Crippen MR) is 79.3 cm³/mol. The Kier molecular flexibility index (Phi) is 4.59. The lowest BCUT2D eigenvalue weighted by atomic mass is 9.93. The summed E-state index contributed by atoms with van der Waals surface area (Å²) in [6.45, 7) is 7.44. The van der Waals surface area contributed by atoms with E-state index in [9.17, 15) is 4.79 Å². The van der Waals surface area contributed by atoms with Crippen LogP contribution in [0.4, 0.5) is 5.69 Å². The molecule has 0 spiro atoms. The summed E-state index contributed by atoms with van der Waals surface area (Å²) in [4.78, 5) is 12.3. The number of amides is 1. The maximum Gasteiger partial charge on any atom is 0.241 e. The van der Waals surface area contributed by atoms with Gasteiger partial charge in [-0.3, -0.25) is 4.79 Å². The number of piperidine rings is 1. The summed E-state index contributed by atoms with van der Waals surface area (Å²) in [6, 6.07) is 8.00. The van der Waals surface area contributed by atoms with Gasteiger partial charge in [0.05, 0.1) is 6.04 Å². The summed E-state index contributed by atoms with van der Waals surface area (Å²) in [5.41, 5.74) is 2.14. The Labute approximate surface area is 115 Å². The molecule has 1 fully saturated rings. The predicted octanol–water partition coefficient (Wildman–Crippen LogP) is 3.14. The summed E-state index contributed by atoms with van der Waals surface area (Å²) < 4.78 is 0. The smallest absolute Gasteiger partial charge is 0.241 e. The zero-order valence-corrected chi connectivity index (χ0v) is 12.1. The summed E-state index contributed by atoms with van der Waals surface area (Å²) in [6.07, 6.45) is 2.09. The molecule has 2 rings (SSSR count). The molecule has 2 unspecified atom stereocenters. The molecule has 3 heteroatoms. The Hall–Kier alpha value is -1.35. The Morgan fingerprint density at radius 3 is 2.79 bits per heavy atom. The fourth-order valence-corrected chi connectivity index (χ4v) is 2.64. The normalized spacial score (nSPS) is 23.4. The van der Waals surface area contributed by atoms with Crippen LogP contribution < -0.4 is 10.6 Å². The van der Waals surface area contributed by atoms with Gasteiger partial charge in [-0.05, 0) is 42.9 Å². The molecule has 2 N–H and O–H groups in total. The fourth-order valence-electron chi connectivity index (χ4n) is 2.64. The number of carbonyl (C=O) groups excluding carboxylic acids is 1. The van der Waals surface area contributed by atoms with E-state index in [0.29, 0.717) is 11.8 Å². The summed E-state index contributed by atoms with van der Waals surface area (Å²) in [5.74, 6) is 1.13. The minimum Gasteiger partial charge on any atom is -0.324 e. The Morgan fingerprint density at radius 1 is 1.37 bits per heavy atom. The van der Waals surface area contributed by atoms with Crippen molar-refractivity contribution in [2.45, 2.75) is 45.6 Å². The highest BCUT2D eigenvalue weighted by molar-refractivity contribution is 5.95. The second-order valence-corrected chi connectivity index (χ2v) is 5.87.